The highest BCUT2D eigenvalue weighted by molar-refractivity contribution is 5.97. The summed E-state index contributed by atoms with van der Waals surface area (Å²) >= 11 is 0. The molecule has 1 saturated heterocycles. The van der Waals surface area contributed by atoms with Crippen LogP contribution in [0.3, 0.4) is 0 Å². The fraction of sp³-hybridized carbons (Fsp3) is 0.357. The normalized spacial score (nSPS) is 17.5. The summed E-state index contributed by atoms with van der Waals surface area (Å²) in [5.74, 6) is 0.103. The second kappa shape index (κ2) is 3.99. The standard InChI is InChI=1S/C14H16N2O3/c1-2-14(18)7-16(8-14)13(17)12-6-9-5-10(15)3-4-11(9)19-12/h3-6,18H,2,7-8,15H2,1H3. The van der Waals surface area contributed by atoms with E-state index in [1.165, 1.54) is 0 Å². The summed E-state index contributed by atoms with van der Waals surface area (Å²) in [5.41, 5.74) is 6.24. The summed E-state index contributed by atoms with van der Waals surface area (Å²) in [5, 5.41) is 10.7. The van der Waals surface area contributed by atoms with E-state index >= 15 is 0 Å². The Balaban J connectivity index is 1.83. The van der Waals surface area contributed by atoms with Crippen molar-refractivity contribution in [1.29, 1.82) is 0 Å². The van der Waals surface area contributed by atoms with Gasteiger partial charge in [0.25, 0.3) is 5.91 Å². The summed E-state index contributed by atoms with van der Waals surface area (Å²) in [6, 6.07) is 6.95. The Morgan fingerprint density at radius 3 is 2.89 bits per heavy atom. The van der Waals surface area contributed by atoms with Gasteiger partial charge < -0.3 is 20.2 Å². The molecule has 100 valence electrons. The molecule has 0 aliphatic carbocycles. The molecule has 1 aromatic heterocycles. The van der Waals surface area contributed by atoms with E-state index in [2.05, 4.69) is 0 Å². The van der Waals surface area contributed by atoms with Crippen LogP contribution in [0.4, 0.5) is 5.69 Å². The van der Waals surface area contributed by atoms with Crippen LogP contribution < -0.4 is 5.73 Å². The zero-order valence-corrected chi connectivity index (χ0v) is 10.7. The number of amides is 1. The zero-order valence-electron chi connectivity index (χ0n) is 10.7. The first-order chi connectivity index (χ1) is 9.00. The van der Waals surface area contributed by atoms with Gasteiger partial charge >= 0.3 is 0 Å². The van der Waals surface area contributed by atoms with Gasteiger partial charge in [0, 0.05) is 11.1 Å². The van der Waals surface area contributed by atoms with E-state index in [9.17, 15) is 9.90 Å². The van der Waals surface area contributed by atoms with Crippen LogP contribution in [0.15, 0.2) is 28.7 Å². The van der Waals surface area contributed by atoms with Gasteiger partial charge in [-0.25, -0.2) is 0 Å². The predicted molar refractivity (Wildman–Crippen MR) is 71.8 cm³/mol. The fourth-order valence-corrected chi connectivity index (χ4v) is 2.35. The zero-order chi connectivity index (χ0) is 13.6. The number of benzene rings is 1. The first-order valence-corrected chi connectivity index (χ1v) is 6.31. The van der Waals surface area contributed by atoms with E-state index in [1.54, 1.807) is 29.2 Å². The number of fused-ring (bicyclic) bond motifs is 1. The van der Waals surface area contributed by atoms with Crippen molar-refractivity contribution in [2.75, 3.05) is 18.8 Å². The molecule has 0 spiro atoms. The lowest BCUT2D eigenvalue weighted by atomic mass is 9.91. The maximum Gasteiger partial charge on any atom is 0.289 e. The van der Waals surface area contributed by atoms with Gasteiger partial charge in [-0.2, -0.15) is 0 Å². The van der Waals surface area contributed by atoms with Crippen molar-refractivity contribution in [1.82, 2.24) is 4.90 Å². The number of nitrogens with two attached hydrogens (primary N) is 1. The van der Waals surface area contributed by atoms with Crippen molar-refractivity contribution in [3.8, 4) is 0 Å². The van der Waals surface area contributed by atoms with E-state index in [4.69, 9.17) is 10.2 Å². The lowest BCUT2D eigenvalue weighted by molar-refractivity contribution is -0.0834. The van der Waals surface area contributed by atoms with Crippen LogP contribution in [0.1, 0.15) is 23.9 Å². The molecule has 2 aromatic rings. The molecule has 2 heterocycles. The Labute approximate surface area is 110 Å². The van der Waals surface area contributed by atoms with Crippen LogP contribution in [-0.2, 0) is 0 Å². The highest BCUT2D eigenvalue weighted by atomic mass is 16.3. The number of carbonyl (C=O) groups excluding carboxylic acids is 1. The number of likely N-dealkylation sites (tertiary alicyclic amines) is 1. The van der Waals surface area contributed by atoms with Crippen LogP contribution in [0.5, 0.6) is 0 Å². The molecule has 1 aliphatic heterocycles. The molecule has 0 radical (unpaired) electrons. The molecule has 0 saturated carbocycles. The SMILES string of the molecule is CCC1(O)CN(C(=O)c2cc3cc(N)ccc3o2)C1. The molecule has 0 atom stereocenters. The van der Waals surface area contributed by atoms with E-state index in [1.807, 2.05) is 6.92 Å². The maximum atomic E-state index is 12.2. The van der Waals surface area contributed by atoms with E-state index < -0.39 is 5.60 Å². The van der Waals surface area contributed by atoms with Crippen molar-refractivity contribution in [3.05, 3.63) is 30.0 Å². The number of hydrogen-bond donors (Lipinski definition) is 2. The Morgan fingerprint density at radius 1 is 1.47 bits per heavy atom. The molecule has 3 N–H and O–H groups in total. The average molecular weight is 260 g/mol. The van der Waals surface area contributed by atoms with Crippen LogP contribution in [0, 0.1) is 0 Å². The number of furan rings is 1. The Bertz CT molecular complexity index is 641. The smallest absolute Gasteiger partial charge is 0.289 e. The average Bonchev–Trinajstić information content (AvgIpc) is 2.77. The van der Waals surface area contributed by atoms with Gasteiger partial charge in [-0.3, -0.25) is 4.79 Å². The third kappa shape index (κ3) is 1.96. The van der Waals surface area contributed by atoms with Gasteiger partial charge in [-0.1, -0.05) is 6.92 Å². The van der Waals surface area contributed by atoms with Crippen molar-refractivity contribution in [2.24, 2.45) is 0 Å². The summed E-state index contributed by atoms with van der Waals surface area (Å²) in [6.07, 6.45) is 0.646. The largest absolute Gasteiger partial charge is 0.451 e. The minimum atomic E-state index is -0.730. The Hall–Kier alpha value is -2.01. The van der Waals surface area contributed by atoms with Gasteiger partial charge in [0.1, 0.15) is 5.58 Å². The highest BCUT2D eigenvalue weighted by Gasteiger charge is 2.42. The van der Waals surface area contributed by atoms with Crippen LogP contribution in [0.2, 0.25) is 0 Å². The molecule has 3 rings (SSSR count). The summed E-state index contributed by atoms with van der Waals surface area (Å²) in [4.78, 5) is 13.8. The molecular weight excluding hydrogens is 244 g/mol. The predicted octanol–water partition coefficient (Wildman–Crippen LogP) is 1.61. The molecule has 19 heavy (non-hydrogen) atoms. The number of β-amino-alcohol motifs (C(OH)–C–C–N with tert-alkyl or cyclic N) is 1. The summed E-state index contributed by atoms with van der Waals surface area (Å²) in [7, 11) is 0. The second-order valence-electron chi connectivity index (χ2n) is 5.15. The van der Waals surface area contributed by atoms with Gasteiger partial charge in [-0.05, 0) is 30.7 Å². The van der Waals surface area contributed by atoms with Crippen LogP contribution >= 0.6 is 0 Å². The topological polar surface area (TPSA) is 79.7 Å². The van der Waals surface area contributed by atoms with Gasteiger partial charge in [0.2, 0.25) is 0 Å². The molecular formula is C14H16N2O3. The lowest BCUT2D eigenvalue weighted by Crippen LogP contribution is -2.63. The van der Waals surface area contributed by atoms with Crippen LogP contribution in [0.25, 0.3) is 11.0 Å². The summed E-state index contributed by atoms with van der Waals surface area (Å²) < 4.78 is 5.52. The monoisotopic (exact) mass is 260 g/mol. The number of rotatable bonds is 2. The van der Waals surface area contributed by atoms with Crippen LogP contribution in [-0.4, -0.2) is 34.6 Å². The Kier molecular flexibility index (Phi) is 2.53. The van der Waals surface area contributed by atoms with Gasteiger partial charge in [0.05, 0.1) is 18.7 Å². The molecule has 0 unspecified atom stereocenters. The molecule has 1 aliphatic rings. The van der Waals surface area contributed by atoms with Gasteiger partial charge in [0.15, 0.2) is 5.76 Å². The van der Waals surface area contributed by atoms with Crippen molar-refractivity contribution in [3.63, 3.8) is 0 Å². The lowest BCUT2D eigenvalue weighted by Gasteiger charge is -2.45. The number of nitrogen functional groups attached to an aromatic ring is 1. The van der Waals surface area contributed by atoms with Crippen molar-refractivity contribution >= 4 is 22.6 Å². The maximum absolute atomic E-state index is 12.2. The molecule has 0 bridgehead atoms. The quantitative estimate of drug-likeness (QED) is 0.804. The molecule has 1 amide bonds. The minimum absolute atomic E-state index is 0.187. The van der Waals surface area contributed by atoms with Gasteiger partial charge in [-0.15, -0.1) is 0 Å². The number of carbonyl (C=O) groups is 1. The second-order valence-corrected chi connectivity index (χ2v) is 5.15. The third-order valence-electron chi connectivity index (χ3n) is 3.67. The number of aliphatic hydroxyl groups is 1. The highest BCUT2D eigenvalue weighted by Crippen LogP contribution is 2.28. The number of hydrogen-bond acceptors (Lipinski definition) is 4. The minimum Gasteiger partial charge on any atom is -0.451 e. The first kappa shape index (κ1) is 12.0. The van der Waals surface area contributed by atoms with E-state index in [0.29, 0.717) is 36.5 Å². The Morgan fingerprint density at radius 2 is 2.21 bits per heavy atom. The molecule has 5 heteroatoms. The number of anilines is 1. The number of nitrogens with zero attached hydrogens (tertiary/aromatic N) is 1. The molecule has 5 nitrogen and oxygen atoms in total. The third-order valence-corrected chi connectivity index (χ3v) is 3.67. The van der Waals surface area contributed by atoms with E-state index in [-0.39, 0.29) is 5.91 Å². The van der Waals surface area contributed by atoms with E-state index in [0.717, 1.165) is 5.39 Å². The molecule has 1 aromatic carbocycles. The molecule has 1 fully saturated rings. The fourth-order valence-electron chi connectivity index (χ4n) is 2.35. The van der Waals surface area contributed by atoms with Crippen molar-refractivity contribution in [2.45, 2.75) is 18.9 Å². The van der Waals surface area contributed by atoms with Crippen molar-refractivity contribution < 1.29 is 14.3 Å². The first-order valence-electron chi connectivity index (χ1n) is 6.31. The summed E-state index contributed by atoms with van der Waals surface area (Å²) in [6.45, 7) is 2.63.